The minimum absolute atomic E-state index is 0.0824. The van der Waals surface area contributed by atoms with Crippen LogP contribution in [0.2, 0.25) is 0 Å². The Morgan fingerprint density at radius 2 is 2.04 bits per heavy atom. The Hall–Kier alpha value is -2.60. The highest BCUT2D eigenvalue weighted by Crippen LogP contribution is 2.31. The molecular weight excluding hydrogens is 324 g/mol. The van der Waals surface area contributed by atoms with Gasteiger partial charge in [-0.05, 0) is 49.3 Å². The Balaban J connectivity index is 1.43. The third kappa shape index (κ3) is 3.05. The van der Waals surface area contributed by atoms with Gasteiger partial charge >= 0.3 is 0 Å². The van der Waals surface area contributed by atoms with E-state index in [2.05, 4.69) is 5.32 Å². The molecule has 4 rings (SSSR count). The highest BCUT2D eigenvalue weighted by atomic mass is 32.1. The van der Waals surface area contributed by atoms with E-state index in [0.29, 0.717) is 28.9 Å². The largest absolute Gasteiger partial charge is 0.486 e. The first kappa shape index (κ1) is 15.0. The molecule has 24 heavy (non-hydrogen) atoms. The Kier molecular flexibility index (Phi) is 3.82. The normalized spacial score (nSPS) is 19.0. The number of nitrogens with one attached hydrogen (secondary N) is 1. The second-order valence-corrected chi connectivity index (χ2v) is 6.19. The van der Waals surface area contributed by atoms with Crippen molar-refractivity contribution in [1.82, 2.24) is 10.2 Å². The molecule has 1 saturated heterocycles. The topological polar surface area (TPSA) is 54.7 Å². The summed E-state index contributed by atoms with van der Waals surface area (Å²) in [6, 6.07) is 13.5. The highest BCUT2D eigenvalue weighted by molar-refractivity contribution is 7.80. The summed E-state index contributed by atoms with van der Waals surface area (Å²) in [7, 11) is 0. The maximum atomic E-state index is 12.4. The highest BCUT2D eigenvalue weighted by Gasteiger charge is 2.41. The molecule has 1 amide bonds. The molecule has 2 aromatic rings. The number of para-hydroxylation sites is 1. The number of amides is 1. The Bertz CT molecular complexity index is 809. The van der Waals surface area contributed by atoms with Crippen molar-refractivity contribution < 1.29 is 13.9 Å². The standard InChI is InChI=1S/C18H16N2O3S/c21-17-16(19-18(24)20(17)12-6-7-12)10-14-8-9-15(23-14)11-22-13-4-2-1-3-5-13/h1-5,8-10,12H,6-7,11H2,(H,19,24)/b16-10+. The number of thiocarbonyl (C=S) groups is 1. The van der Waals surface area contributed by atoms with Gasteiger partial charge in [0.15, 0.2) is 5.11 Å². The molecule has 122 valence electrons. The maximum Gasteiger partial charge on any atom is 0.276 e. The van der Waals surface area contributed by atoms with E-state index in [4.69, 9.17) is 21.4 Å². The Morgan fingerprint density at radius 1 is 1.25 bits per heavy atom. The molecule has 5 nitrogen and oxygen atoms in total. The molecule has 1 aliphatic heterocycles. The van der Waals surface area contributed by atoms with Crippen molar-refractivity contribution in [3.05, 3.63) is 59.7 Å². The number of carbonyl (C=O) groups excluding carboxylic acids is 1. The van der Waals surface area contributed by atoms with Crippen LogP contribution in [-0.4, -0.2) is 22.0 Å². The van der Waals surface area contributed by atoms with Gasteiger partial charge in [0.25, 0.3) is 5.91 Å². The van der Waals surface area contributed by atoms with Gasteiger partial charge in [0.1, 0.15) is 29.6 Å². The minimum atomic E-state index is -0.0824. The zero-order valence-corrected chi connectivity index (χ0v) is 13.7. The number of hydrogen-bond acceptors (Lipinski definition) is 4. The number of furan rings is 1. The molecule has 1 saturated carbocycles. The molecule has 0 atom stereocenters. The molecule has 6 heteroatoms. The van der Waals surface area contributed by atoms with Crippen LogP contribution in [0, 0.1) is 0 Å². The van der Waals surface area contributed by atoms with Gasteiger partial charge in [-0.1, -0.05) is 18.2 Å². The van der Waals surface area contributed by atoms with Gasteiger partial charge in [0, 0.05) is 12.1 Å². The summed E-state index contributed by atoms with van der Waals surface area (Å²) in [5.41, 5.74) is 0.455. The first-order chi connectivity index (χ1) is 11.7. The molecule has 2 aliphatic rings. The number of ether oxygens (including phenoxy) is 1. The van der Waals surface area contributed by atoms with E-state index >= 15 is 0 Å². The first-order valence-electron chi connectivity index (χ1n) is 7.83. The van der Waals surface area contributed by atoms with Crippen LogP contribution in [0.5, 0.6) is 5.75 Å². The molecule has 1 aliphatic carbocycles. The first-order valence-corrected chi connectivity index (χ1v) is 8.24. The van der Waals surface area contributed by atoms with Gasteiger partial charge in [-0.25, -0.2) is 0 Å². The fourth-order valence-electron chi connectivity index (χ4n) is 2.58. The van der Waals surface area contributed by atoms with Crippen LogP contribution in [-0.2, 0) is 11.4 Å². The van der Waals surface area contributed by atoms with Crippen molar-refractivity contribution in [1.29, 1.82) is 0 Å². The van der Waals surface area contributed by atoms with E-state index in [9.17, 15) is 4.79 Å². The smallest absolute Gasteiger partial charge is 0.276 e. The fraction of sp³-hybridized carbons (Fsp3) is 0.222. The Labute approximate surface area is 144 Å². The number of hydrogen-bond donors (Lipinski definition) is 1. The summed E-state index contributed by atoms with van der Waals surface area (Å²) in [6.45, 7) is 0.334. The molecule has 1 aromatic carbocycles. The van der Waals surface area contributed by atoms with E-state index in [1.165, 1.54) is 0 Å². The quantitative estimate of drug-likeness (QED) is 0.670. The van der Waals surface area contributed by atoms with Crippen LogP contribution < -0.4 is 10.1 Å². The summed E-state index contributed by atoms with van der Waals surface area (Å²) in [6.07, 6.45) is 3.72. The van der Waals surface area contributed by atoms with Crippen LogP contribution in [0.1, 0.15) is 24.4 Å². The van der Waals surface area contributed by atoms with E-state index in [-0.39, 0.29) is 11.9 Å². The van der Waals surface area contributed by atoms with Gasteiger partial charge in [-0.2, -0.15) is 0 Å². The second kappa shape index (κ2) is 6.13. The lowest BCUT2D eigenvalue weighted by Gasteiger charge is -2.11. The van der Waals surface area contributed by atoms with Crippen LogP contribution >= 0.6 is 12.2 Å². The maximum absolute atomic E-state index is 12.4. The number of carbonyl (C=O) groups is 1. The van der Waals surface area contributed by atoms with E-state index < -0.39 is 0 Å². The number of nitrogens with zero attached hydrogens (tertiary/aromatic N) is 1. The molecular formula is C18H16N2O3S. The third-order valence-electron chi connectivity index (χ3n) is 3.91. The van der Waals surface area contributed by atoms with Crippen molar-refractivity contribution in [3.8, 4) is 5.75 Å². The minimum Gasteiger partial charge on any atom is -0.486 e. The fourth-order valence-corrected chi connectivity index (χ4v) is 2.92. The lowest BCUT2D eigenvalue weighted by atomic mass is 10.3. The van der Waals surface area contributed by atoms with Gasteiger partial charge in [-0.3, -0.25) is 9.69 Å². The molecule has 0 bridgehead atoms. The predicted molar refractivity (Wildman–Crippen MR) is 93.1 cm³/mol. The third-order valence-corrected chi connectivity index (χ3v) is 4.21. The summed E-state index contributed by atoms with van der Waals surface area (Å²) >= 11 is 5.23. The molecule has 1 aromatic heterocycles. The van der Waals surface area contributed by atoms with E-state index in [1.54, 1.807) is 11.0 Å². The molecule has 2 fully saturated rings. The molecule has 1 N–H and O–H groups in total. The van der Waals surface area contributed by atoms with Crippen LogP contribution in [0.15, 0.2) is 52.6 Å². The zero-order valence-electron chi connectivity index (χ0n) is 12.9. The summed E-state index contributed by atoms with van der Waals surface area (Å²) in [5.74, 6) is 1.99. The number of rotatable bonds is 5. The lowest BCUT2D eigenvalue weighted by molar-refractivity contribution is -0.122. The van der Waals surface area contributed by atoms with Crippen molar-refractivity contribution in [3.63, 3.8) is 0 Å². The zero-order chi connectivity index (χ0) is 16.5. The van der Waals surface area contributed by atoms with Gasteiger partial charge in [0.2, 0.25) is 0 Å². The Morgan fingerprint density at radius 3 is 2.79 bits per heavy atom. The van der Waals surface area contributed by atoms with E-state index in [0.717, 1.165) is 18.6 Å². The second-order valence-electron chi connectivity index (χ2n) is 5.80. The van der Waals surface area contributed by atoms with Gasteiger partial charge in [-0.15, -0.1) is 0 Å². The van der Waals surface area contributed by atoms with Crippen molar-refractivity contribution in [2.45, 2.75) is 25.5 Å². The molecule has 0 radical (unpaired) electrons. The average Bonchev–Trinajstić information content (AvgIpc) is 3.25. The summed E-state index contributed by atoms with van der Waals surface area (Å²) in [5, 5.41) is 3.45. The molecule has 2 heterocycles. The van der Waals surface area contributed by atoms with E-state index in [1.807, 2.05) is 42.5 Å². The monoisotopic (exact) mass is 340 g/mol. The average molecular weight is 340 g/mol. The van der Waals surface area contributed by atoms with Gasteiger partial charge in [0.05, 0.1) is 0 Å². The van der Waals surface area contributed by atoms with Crippen LogP contribution in [0.3, 0.4) is 0 Å². The predicted octanol–water partition coefficient (Wildman–Crippen LogP) is 3.08. The summed E-state index contributed by atoms with van der Waals surface area (Å²) in [4.78, 5) is 14.0. The van der Waals surface area contributed by atoms with Crippen molar-refractivity contribution in [2.75, 3.05) is 0 Å². The van der Waals surface area contributed by atoms with Gasteiger partial charge < -0.3 is 14.5 Å². The van der Waals surface area contributed by atoms with Crippen LogP contribution in [0.4, 0.5) is 0 Å². The van der Waals surface area contributed by atoms with Crippen LogP contribution in [0.25, 0.3) is 6.08 Å². The SMILES string of the molecule is O=C1/C(=C\c2ccc(COc3ccccc3)o2)NC(=S)N1C1CC1. The van der Waals surface area contributed by atoms with Crippen molar-refractivity contribution in [2.24, 2.45) is 0 Å². The molecule has 0 unspecified atom stereocenters. The summed E-state index contributed by atoms with van der Waals surface area (Å²) < 4.78 is 11.4. The van der Waals surface area contributed by atoms with Crippen molar-refractivity contribution >= 4 is 29.3 Å². The lowest BCUT2D eigenvalue weighted by Crippen LogP contribution is -2.32. The number of benzene rings is 1. The molecule has 0 spiro atoms.